The number of hydrogen-bond acceptors (Lipinski definition) is 7. The number of hydrogen-bond donors (Lipinski definition) is 1. The highest BCUT2D eigenvalue weighted by molar-refractivity contribution is 8.18. The molecule has 3 amide bonds. The highest BCUT2D eigenvalue weighted by atomic mass is 32.2. The van der Waals surface area contributed by atoms with Gasteiger partial charge in [0, 0.05) is 18.7 Å². The van der Waals surface area contributed by atoms with Gasteiger partial charge >= 0.3 is 0 Å². The first-order valence-corrected chi connectivity index (χ1v) is 8.33. The second-order valence-corrected chi connectivity index (χ2v) is 6.21. The van der Waals surface area contributed by atoms with Crippen LogP contribution in [0, 0.1) is 5.82 Å². The van der Waals surface area contributed by atoms with E-state index in [-0.39, 0.29) is 36.0 Å². The number of imide groups is 1. The van der Waals surface area contributed by atoms with Crippen molar-refractivity contribution in [2.45, 2.75) is 6.54 Å². The van der Waals surface area contributed by atoms with Crippen LogP contribution < -0.4 is 5.32 Å². The van der Waals surface area contributed by atoms with E-state index in [0.717, 1.165) is 16.7 Å². The number of tetrazole rings is 1. The summed E-state index contributed by atoms with van der Waals surface area (Å²) in [5.74, 6) is -1.35. The van der Waals surface area contributed by atoms with Crippen molar-refractivity contribution in [3.8, 4) is 0 Å². The fourth-order valence-electron chi connectivity index (χ4n) is 2.19. The van der Waals surface area contributed by atoms with E-state index in [1.807, 2.05) is 0 Å². The van der Waals surface area contributed by atoms with E-state index >= 15 is 0 Å². The quantitative estimate of drug-likeness (QED) is 0.738. The lowest BCUT2D eigenvalue weighted by Crippen LogP contribution is -2.38. The summed E-state index contributed by atoms with van der Waals surface area (Å²) in [4.78, 5) is 37.2. The minimum Gasteiger partial charge on any atom is -0.353 e. The van der Waals surface area contributed by atoms with Crippen molar-refractivity contribution in [2.24, 2.45) is 0 Å². The molecule has 1 fully saturated rings. The molecular weight excluding hydrogens is 363 g/mol. The molecule has 0 atom stereocenters. The lowest BCUT2D eigenvalue weighted by atomic mass is 10.2. The number of halogens is 1. The fraction of sp³-hybridized carbons (Fsp3) is 0.200. The van der Waals surface area contributed by atoms with Crippen LogP contribution in [0.5, 0.6) is 0 Å². The lowest BCUT2D eigenvalue weighted by molar-refractivity contribution is -0.124. The number of thioether (sulfide) groups is 1. The van der Waals surface area contributed by atoms with E-state index in [0.29, 0.717) is 0 Å². The summed E-state index contributed by atoms with van der Waals surface area (Å²) in [6.45, 7) is 0.0364. The van der Waals surface area contributed by atoms with Crippen molar-refractivity contribution in [1.82, 2.24) is 30.4 Å². The molecule has 3 rings (SSSR count). The Kier molecular flexibility index (Phi) is 5.37. The molecule has 1 aromatic carbocycles. The van der Waals surface area contributed by atoms with Gasteiger partial charge in [0.05, 0.1) is 4.91 Å². The van der Waals surface area contributed by atoms with Crippen LogP contribution in [0.3, 0.4) is 0 Å². The maximum Gasteiger partial charge on any atom is 0.293 e. The van der Waals surface area contributed by atoms with Gasteiger partial charge in [-0.15, -0.1) is 5.10 Å². The Morgan fingerprint density at radius 3 is 2.85 bits per heavy atom. The molecule has 9 nitrogen and oxygen atoms in total. The van der Waals surface area contributed by atoms with Crippen molar-refractivity contribution < 1.29 is 18.8 Å². The Labute approximate surface area is 151 Å². The zero-order valence-corrected chi connectivity index (χ0v) is 14.1. The summed E-state index contributed by atoms with van der Waals surface area (Å²) >= 11 is 0.736. The van der Waals surface area contributed by atoms with Crippen LogP contribution in [0.1, 0.15) is 5.56 Å². The van der Waals surface area contributed by atoms with Gasteiger partial charge in [0.1, 0.15) is 18.7 Å². The third kappa shape index (κ3) is 4.11. The number of benzene rings is 1. The maximum absolute atomic E-state index is 13.7. The minimum atomic E-state index is -0.516. The van der Waals surface area contributed by atoms with Crippen LogP contribution >= 0.6 is 11.8 Å². The Morgan fingerprint density at radius 2 is 2.12 bits per heavy atom. The van der Waals surface area contributed by atoms with Gasteiger partial charge < -0.3 is 5.32 Å². The third-order valence-corrected chi connectivity index (χ3v) is 4.33. The molecule has 1 saturated heterocycles. The van der Waals surface area contributed by atoms with E-state index in [4.69, 9.17) is 0 Å². The highest BCUT2D eigenvalue weighted by Crippen LogP contribution is 2.32. The SMILES string of the molecule is O=C(Cn1cnnn1)NCCN1C(=O)S/C(=C\c2ccccc2F)C1=O. The molecule has 1 N–H and O–H groups in total. The monoisotopic (exact) mass is 376 g/mol. The summed E-state index contributed by atoms with van der Waals surface area (Å²) in [5, 5.41) is 12.5. The molecule has 0 unspecified atom stereocenters. The Hall–Kier alpha value is -3.08. The molecule has 0 aliphatic carbocycles. The largest absolute Gasteiger partial charge is 0.353 e. The van der Waals surface area contributed by atoms with E-state index < -0.39 is 17.0 Å². The smallest absolute Gasteiger partial charge is 0.293 e. The molecule has 2 aromatic rings. The van der Waals surface area contributed by atoms with Crippen molar-refractivity contribution in [1.29, 1.82) is 0 Å². The van der Waals surface area contributed by atoms with Crippen LogP contribution in [0.25, 0.3) is 6.08 Å². The second kappa shape index (κ2) is 7.87. The molecule has 0 saturated carbocycles. The zero-order valence-electron chi connectivity index (χ0n) is 13.3. The maximum atomic E-state index is 13.7. The number of rotatable bonds is 6. The van der Waals surface area contributed by atoms with Crippen LogP contribution in [0.2, 0.25) is 0 Å². The van der Waals surface area contributed by atoms with Crippen LogP contribution in [-0.2, 0) is 16.1 Å². The minimum absolute atomic E-state index is 0.0145. The summed E-state index contributed by atoms with van der Waals surface area (Å²) < 4.78 is 14.9. The molecule has 134 valence electrons. The molecule has 1 aliphatic rings. The summed E-state index contributed by atoms with van der Waals surface area (Å²) in [6.07, 6.45) is 2.64. The summed E-state index contributed by atoms with van der Waals surface area (Å²) in [7, 11) is 0. The Balaban J connectivity index is 1.56. The molecule has 26 heavy (non-hydrogen) atoms. The standard InChI is InChI=1S/C15H13FN6O3S/c16-11-4-2-1-3-10(11)7-12-14(24)22(15(25)26-12)6-5-17-13(23)8-21-9-18-19-20-21/h1-4,7,9H,5-6,8H2,(H,17,23)/b12-7-. The lowest BCUT2D eigenvalue weighted by Gasteiger charge is -2.12. The van der Waals surface area contributed by atoms with Gasteiger partial charge in [-0.2, -0.15) is 0 Å². The number of carbonyl (C=O) groups is 3. The normalized spacial score (nSPS) is 15.7. The molecule has 2 heterocycles. The predicted molar refractivity (Wildman–Crippen MR) is 89.9 cm³/mol. The fourth-order valence-corrected chi connectivity index (χ4v) is 3.04. The van der Waals surface area contributed by atoms with E-state index in [9.17, 15) is 18.8 Å². The van der Waals surface area contributed by atoms with E-state index in [2.05, 4.69) is 20.8 Å². The summed E-state index contributed by atoms with van der Waals surface area (Å²) in [6, 6.07) is 5.97. The van der Waals surface area contributed by atoms with E-state index in [1.165, 1.54) is 35.3 Å². The number of amides is 3. The third-order valence-electron chi connectivity index (χ3n) is 3.42. The first-order valence-electron chi connectivity index (χ1n) is 7.52. The second-order valence-electron chi connectivity index (χ2n) is 5.21. The zero-order chi connectivity index (χ0) is 18.5. The highest BCUT2D eigenvalue weighted by Gasteiger charge is 2.34. The van der Waals surface area contributed by atoms with Crippen LogP contribution in [-0.4, -0.2) is 55.3 Å². The van der Waals surface area contributed by atoms with E-state index in [1.54, 1.807) is 6.07 Å². The Bertz CT molecular complexity index is 870. The van der Waals surface area contributed by atoms with Crippen molar-refractivity contribution in [3.05, 3.63) is 46.9 Å². The molecule has 0 radical (unpaired) electrons. The van der Waals surface area contributed by atoms with Gasteiger partial charge in [0.15, 0.2) is 0 Å². The van der Waals surface area contributed by atoms with Gasteiger partial charge in [0.25, 0.3) is 11.1 Å². The molecular formula is C15H13FN6O3S. The van der Waals surface area contributed by atoms with Crippen LogP contribution in [0.15, 0.2) is 35.5 Å². The Morgan fingerprint density at radius 1 is 1.31 bits per heavy atom. The van der Waals surface area contributed by atoms with Crippen molar-refractivity contribution >= 4 is 34.9 Å². The summed E-state index contributed by atoms with van der Waals surface area (Å²) in [5.41, 5.74) is 0.229. The average molecular weight is 376 g/mol. The number of nitrogens with zero attached hydrogens (tertiary/aromatic N) is 5. The van der Waals surface area contributed by atoms with Gasteiger partial charge in [-0.3, -0.25) is 19.3 Å². The number of carbonyl (C=O) groups excluding carboxylic acids is 3. The molecule has 1 aliphatic heterocycles. The van der Waals surface area contributed by atoms with Gasteiger partial charge in [-0.1, -0.05) is 18.2 Å². The van der Waals surface area contributed by atoms with Crippen molar-refractivity contribution in [3.63, 3.8) is 0 Å². The molecule has 0 spiro atoms. The molecule has 0 bridgehead atoms. The molecule has 11 heteroatoms. The average Bonchev–Trinajstić information content (AvgIpc) is 3.20. The predicted octanol–water partition coefficient (Wildman–Crippen LogP) is 0.665. The number of nitrogens with one attached hydrogen (secondary N) is 1. The topological polar surface area (TPSA) is 110 Å². The molecule has 1 aromatic heterocycles. The first-order chi connectivity index (χ1) is 12.5. The van der Waals surface area contributed by atoms with Gasteiger partial charge in [-0.05, 0) is 34.3 Å². The number of aromatic nitrogens is 4. The van der Waals surface area contributed by atoms with Crippen LogP contribution in [0.4, 0.5) is 9.18 Å². The van der Waals surface area contributed by atoms with Crippen molar-refractivity contribution in [2.75, 3.05) is 13.1 Å². The van der Waals surface area contributed by atoms with Gasteiger partial charge in [-0.25, -0.2) is 9.07 Å². The van der Waals surface area contributed by atoms with Gasteiger partial charge in [0.2, 0.25) is 5.91 Å². The first kappa shape index (κ1) is 17.7.